The molecule has 2 aliphatic rings. The molecule has 2 aromatic rings. The summed E-state index contributed by atoms with van der Waals surface area (Å²) < 4.78 is 1.78. The number of nitrogens with zero attached hydrogens (tertiary/aromatic N) is 3. The summed E-state index contributed by atoms with van der Waals surface area (Å²) in [5.74, 6) is 1.91. The average Bonchev–Trinajstić information content (AvgIpc) is 3.38. The maximum Gasteiger partial charge on any atom is 0.274 e. The van der Waals surface area contributed by atoms with Crippen molar-refractivity contribution in [1.82, 2.24) is 14.5 Å². The van der Waals surface area contributed by atoms with Gasteiger partial charge < -0.3 is 14.6 Å². The number of aliphatic hydroxyl groups excluding tert-OH is 1. The van der Waals surface area contributed by atoms with Crippen LogP contribution in [0.4, 0.5) is 5.13 Å². The Morgan fingerprint density at radius 3 is 2.88 bits per heavy atom. The van der Waals surface area contributed by atoms with Crippen molar-refractivity contribution < 1.29 is 14.7 Å². The van der Waals surface area contributed by atoms with E-state index in [0.717, 1.165) is 25.0 Å². The summed E-state index contributed by atoms with van der Waals surface area (Å²) in [5, 5.41) is 15.1. The van der Waals surface area contributed by atoms with Crippen LogP contribution in [-0.4, -0.2) is 51.1 Å². The molecule has 0 bridgehead atoms. The van der Waals surface area contributed by atoms with Crippen molar-refractivity contribution in [3.63, 3.8) is 0 Å². The second-order valence-electron chi connectivity index (χ2n) is 10.3. The van der Waals surface area contributed by atoms with Gasteiger partial charge in [0, 0.05) is 37.0 Å². The van der Waals surface area contributed by atoms with Crippen molar-refractivity contribution in [2.24, 2.45) is 30.2 Å². The first-order valence-corrected chi connectivity index (χ1v) is 12.7. The molecule has 4 rings (SSSR count). The third kappa shape index (κ3) is 4.16. The standard InChI is InChI=1S/C26H34N4O3S/c1-7-12-30(6)24(33)15(2)17-10-11-26(4)14-19-21(16(3)20(26)22(17)31)27-25(34-19)28-23(32)18-9-8-13-29(18)5/h1,8-9,13,15-17,20,22,31H,10-12,14H2,2-6H3,(H,27,28,32). The van der Waals surface area contributed by atoms with Crippen LogP contribution in [0.1, 0.15) is 60.6 Å². The molecule has 34 heavy (non-hydrogen) atoms. The van der Waals surface area contributed by atoms with Crippen molar-refractivity contribution >= 4 is 28.3 Å². The van der Waals surface area contributed by atoms with Crippen LogP contribution in [0.2, 0.25) is 0 Å². The number of carbonyl (C=O) groups excluding carboxylic acids is 2. The Labute approximate surface area is 205 Å². The lowest BCUT2D eigenvalue weighted by Gasteiger charge is -2.53. The second-order valence-corrected chi connectivity index (χ2v) is 11.4. The molecule has 1 saturated carbocycles. The quantitative estimate of drug-likeness (QED) is 0.639. The lowest BCUT2D eigenvalue weighted by molar-refractivity contribution is -0.142. The fourth-order valence-electron chi connectivity index (χ4n) is 6.20. The van der Waals surface area contributed by atoms with Crippen molar-refractivity contribution in [2.75, 3.05) is 18.9 Å². The van der Waals surface area contributed by atoms with E-state index in [0.29, 0.717) is 10.8 Å². The van der Waals surface area contributed by atoms with E-state index in [1.165, 1.54) is 16.2 Å². The molecule has 2 aliphatic carbocycles. The Hall–Kier alpha value is -2.63. The highest BCUT2D eigenvalue weighted by Crippen LogP contribution is 2.57. The Morgan fingerprint density at radius 2 is 2.24 bits per heavy atom. The van der Waals surface area contributed by atoms with E-state index in [1.54, 1.807) is 22.6 Å². The summed E-state index contributed by atoms with van der Waals surface area (Å²) in [4.78, 5) is 33.1. The van der Waals surface area contributed by atoms with Crippen LogP contribution in [-0.2, 0) is 18.3 Å². The number of rotatable bonds is 5. The van der Waals surface area contributed by atoms with E-state index in [1.807, 2.05) is 26.2 Å². The molecule has 1 fully saturated rings. The predicted molar refractivity (Wildman–Crippen MR) is 134 cm³/mol. The zero-order valence-corrected chi connectivity index (χ0v) is 21.4. The predicted octanol–water partition coefficient (Wildman–Crippen LogP) is 3.51. The van der Waals surface area contributed by atoms with Gasteiger partial charge in [0.1, 0.15) is 5.69 Å². The molecule has 6 atom stereocenters. The van der Waals surface area contributed by atoms with Gasteiger partial charge in [-0.25, -0.2) is 4.98 Å². The molecule has 2 aromatic heterocycles. The Bertz CT molecular complexity index is 1130. The molecule has 0 aliphatic heterocycles. The highest BCUT2D eigenvalue weighted by atomic mass is 32.1. The molecule has 182 valence electrons. The summed E-state index contributed by atoms with van der Waals surface area (Å²) >= 11 is 1.53. The molecule has 2 N–H and O–H groups in total. The van der Waals surface area contributed by atoms with E-state index in [9.17, 15) is 14.7 Å². The smallest absolute Gasteiger partial charge is 0.274 e. The van der Waals surface area contributed by atoms with Gasteiger partial charge in [0.2, 0.25) is 5.91 Å². The molecular weight excluding hydrogens is 448 g/mol. The topological polar surface area (TPSA) is 87.5 Å². The number of aromatic nitrogens is 2. The maximum absolute atomic E-state index is 12.9. The van der Waals surface area contributed by atoms with Crippen LogP contribution in [0, 0.1) is 35.5 Å². The number of aliphatic hydroxyl groups is 1. The molecule has 7 nitrogen and oxygen atoms in total. The van der Waals surface area contributed by atoms with Crippen molar-refractivity contribution in [1.29, 1.82) is 0 Å². The van der Waals surface area contributed by atoms with E-state index >= 15 is 0 Å². The van der Waals surface area contributed by atoms with E-state index < -0.39 is 6.10 Å². The minimum Gasteiger partial charge on any atom is -0.392 e. The third-order valence-electron chi connectivity index (χ3n) is 8.06. The number of thiazole rings is 1. The molecule has 0 radical (unpaired) electrons. The molecular formula is C26H34N4O3S. The maximum atomic E-state index is 12.9. The largest absolute Gasteiger partial charge is 0.392 e. The highest BCUT2D eigenvalue weighted by Gasteiger charge is 2.54. The Balaban J connectivity index is 1.55. The fraction of sp³-hybridized carbons (Fsp3) is 0.577. The SMILES string of the molecule is C#CCN(C)C(=O)C(C)C1CCC2(C)Cc3sc(NC(=O)c4cccn4C)nc3C(C)C2C1O. The Morgan fingerprint density at radius 1 is 1.50 bits per heavy atom. The molecule has 8 heteroatoms. The minimum atomic E-state index is -0.608. The monoisotopic (exact) mass is 482 g/mol. The summed E-state index contributed by atoms with van der Waals surface area (Å²) in [7, 11) is 3.55. The minimum absolute atomic E-state index is 0.00883. The van der Waals surface area contributed by atoms with Crippen LogP contribution in [0.5, 0.6) is 0 Å². The van der Waals surface area contributed by atoms with Gasteiger partial charge >= 0.3 is 0 Å². The Kier molecular flexibility index (Phi) is 6.63. The number of carbonyl (C=O) groups is 2. The number of terminal acetylenes is 1. The van der Waals surface area contributed by atoms with E-state index in [-0.39, 0.29) is 47.4 Å². The fourth-order valence-corrected chi connectivity index (χ4v) is 7.46. The third-order valence-corrected chi connectivity index (χ3v) is 9.04. The first kappa shape index (κ1) is 24.5. The van der Waals surface area contributed by atoms with Crippen LogP contribution >= 0.6 is 11.3 Å². The van der Waals surface area contributed by atoms with Gasteiger partial charge in [-0.05, 0) is 48.6 Å². The number of nitrogens with one attached hydrogen (secondary N) is 1. The number of anilines is 1. The summed E-state index contributed by atoms with van der Waals surface area (Å²) in [5.41, 5.74) is 1.45. The highest BCUT2D eigenvalue weighted by molar-refractivity contribution is 7.15. The van der Waals surface area contributed by atoms with Gasteiger partial charge in [-0.2, -0.15) is 0 Å². The molecule has 0 spiro atoms. The van der Waals surface area contributed by atoms with Crippen molar-refractivity contribution in [3.05, 3.63) is 34.6 Å². The molecule has 0 saturated heterocycles. The summed E-state index contributed by atoms with van der Waals surface area (Å²) in [6.07, 6.45) is 9.16. The number of amides is 2. The normalized spacial score (nSPS) is 28.9. The lowest BCUT2D eigenvalue weighted by atomic mass is 9.53. The first-order valence-electron chi connectivity index (χ1n) is 11.9. The number of hydrogen-bond donors (Lipinski definition) is 2. The zero-order valence-electron chi connectivity index (χ0n) is 20.5. The van der Waals surface area contributed by atoms with Crippen LogP contribution in [0.25, 0.3) is 0 Å². The zero-order chi connectivity index (χ0) is 24.8. The molecule has 0 aromatic carbocycles. The van der Waals surface area contributed by atoms with Crippen molar-refractivity contribution in [3.8, 4) is 12.3 Å². The number of hydrogen-bond acceptors (Lipinski definition) is 5. The summed E-state index contributed by atoms with van der Waals surface area (Å²) in [6, 6.07) is 3.62. The molecule has 6 unspecified atom stereocenters. The average molecular weight is 483 g/mol. The van der Waals surface area contributed by atoms with Gasteiger partial charge in [0.15, 0.2) is 5.13 Å². The van der Waals surface area contributed by atoms with Crippen molar-refractivity contribution in [2.45, 2.75) is 52.1 Å². The first-order chi connectivity index (χ1) is 16.1. The van der Waals surface area contributed by atoms with E-state index in [4.69, 9.17) is 11.4 Å². The van der Waals surface area contributed by atoms with Crippen LogP contribution in [0.15, 0.2) is 18.3 Å². The van der Waals surface area contributed by atoms with Gasteiger partial charge in [0.05, 0.1) is 18.3 Å². The lowest BCUT2D eigenvalue weighted by Crippen LogP contribution is -2.53. The molecule has 2 amide bonds. The van der Waals surface area contributed by atoms with Gasteiger partial charge in [-0.1, -0.05) is 26.7 Å². The van der Waals surface area contributed by atoms with Crippen LogP contribution in [0.3, 0.4) is 0 Å². The summed E-state index contributed by atoms with van der Waals surface area (Å²) in [6.45, 7) is 6.54. The van der Waals surface area contributed by atoms with Crippen LogP contribution < -0.4 is 5.32 Å². The van der Waals surface area contributed by atoms with Gasteiger partial charge in [-0.15, -0.1) is 17.8 Å². The van der Waals surface area contributed by atoms with E-state index in [2.05, 4.69) is 25.1 Å². The number of fused-ring (bicyclic) bond motifs is 2. The van der Waals surface area contributed by atoms with Gasteiger partial charge in [-0.3, -0.25) is 14.9 Å². The second kappa shape index (κ2) is 9.20. The van der Waals surface area contributed by atoms with Gasteiger partial charge in [0.25, 0.3) is 5.91 Å². The molecule has 2 heterocycles. The number of aryl methyl sites for hydroxylation is 1.